The van der Waals surface area contributed by atoms with Crippen LogP contribution in [0.1, 0.15) is 34.8 Å². The van der Waals surface area contributed by atoms with Gasteiger partial charge in [-0.1, -0.05) is 12.1 Å². The van der Waals surface area contributed by atoms with Crippen LogP contribution < -0.4 is 4.74 Å². The molecule has 148 valence electrons. The molecule has 0 N–H and O–H groups in total. The second kappa shape index (κ2) is 10.1. The van der Waals surface area contributed by atoms with Crippen molar-refractivity contribution in [2.24, 2.45) is 0 Å². The van der Waals surface area contributed by atoms with Crippen molar-refractivity contribution in [2.45, 2.75) is 26.4 Å². The Hall–Kier alpha value is -3.59. The Balaban J connectivity index is 1.72. The monoisotopic (exact) mass is 388 g/mol. The minimum Gasteiger partial charge on any atom is -0.494 e. The van der Waals surface area contributed by atoms with E-state index >= 15 is 0 Å². The number of rotatable bonds is 9. The Morgan fingerprint density at radius 2 is 1.93 bits per heavy atom. The molecule has 0 unspecified atom stereocenters. The predicted octanol–water partition coefficient (Wildman–Crippen LogP) is 3.89. The lowest BCUT2D eigenvalue weighted by molar-refractivity contribution is 0.0739. The van der Waals surface area contributed by atoms with Gasteiger partial charge in [0.25, 0.3) is 5.91 Å². The average Bonchev–Trinajstić information content (AvgIpc) is 3.27. The van der Waals surface area contributed by atoms with Crippen LogP contribution in [0, 0.1) is 11.3 Å². The van der Waals surface area contributed by atoms with Gasteiger partial charge in [0.2, 0.25) is 0 Å². The number of aryl methyl sites for hydroxylation is 1. The van der Waals surface area contributed by atoms with Gasteiger partial charge in [-0.25, -0.2) is 4.98 Å². The third-order valence-corrected chi connectivity index (χ3v) is 4.56. The van der Waals surface area contributed by atoms with E-state index in [1.165, 1.54) is 0 Å². The van der Waals surface area contributed by atoms with Gasteiger partial charge in [-0.05, 0) is 55.3 Å². The van der Waals surface area contributed by atoms with E-state index in [1.54, 1.807) is 36.8 Å². The summed E-state index contributed by atoms with van der Waals surface area (Å²) in [5.41, 5.74) is 2.16. The van der Waals surface area contributed by atoms with Gasteiger partial charge in [-0.3, -0.25) is 4.79 Å². The average molecular weight is 388 g/mol. The molecule has 0 aliphatic heterocycles. The van der Waals surface area contributed by atoms with E-state index in [9.17, 15) is 4.79 Å². The number of aromatic nitrogens is 2. The Labute approximate surface area is 171 Å². The van der Waals surface area contributed by atoms with E-state index in [1.807, 2.05) is 46.9 Å². The zero-order valence-corrected chi connectivity index (χ0v) is 16.5. The van der Waals surface area contributed by atoms with Gasteiger partial charge in [0.1, 0.15) is 5.75 Å². The highest BCUT2D eigenvalue weighted by molar-refractivity contribution is 5.94. The van der Waals surface area contributed by atoms with Crippen LogP contribution in [0.5, 0.6) is 5.75 Å². The molecule has 0 saturated carbocycles. The lowest BCUT2D eigenvalue weighted by Gasteiger charge is -2.23. The van der Waals surface area contributed by atoms with Gasteiger partial charge >= 0.3 is 0 Å². The Bertz CT molecular complexity index is 942. The summed E-state index contributed by atoms with van der Waals surface area (Å²) in [5, 5.41) is 8.98. The van der Waals surface area contributed by atoms with Gasteiger partial charge in [-0.2, -0.15) is 5.26 Å². The molecule has 0 radical (unpaired) electrons. The third kappa shape index (κ3) is 5.69. The van der Waals surface area contributed by atoms with Gasteiger partial charge in [-0.15, -0.1) is 0 Å². The molecule has 0 aliphatic rings. The summed E-state index contributed by atoms with van der Waals surface area (Å²) in [4.78, 5) is 19.0. The summed E-state index contributed by atoms with van der Waals surface area (Å²) in [7, 11) is 0. The first-order valence-corrected chi connectivity index (χ1v) is 9.66. The number of ether oxygens (including phenoxy) is 1. The van der Waals surface area contributed by atoms with Crippen LogP contribution in [0.4, 0.5) is 0 Å². The van der Waals surface area contributed by atoms with E-state index < -0.39 is 0 Å². The standard InChI is InChI=1S/C23H24N4O2/c1-2-29-22-10-6-20(7-11-22)17-27(14-3-13-26-15-12-25-18-26)23(28)21-8-4-19(16-24)5-9-21/h4-12,15,18H,2-3,13-14,17H2,1H3. The van der Waals surface area contributed by atoms with Crippen molar-refractivity contribution >= 4 is 5.91 Å². The Kier molecular flexibility index (Phi) is 7.01. The molecule has 0 saturated heterocycles. The van der Waals surface area contributed by atoms with Gasteiger partial charge < -0.3 is 14.2 Å². The quantitative estimate of drug-likeness (QED) is 0.558. The normalized spacial score (nSPS) is 10.3. The molecule has 6 nitrogen and oxygen atoms in total. The number of carbonyl (C=O) groups excluding carboxylic acids is 1. The molecule has 2 aromatic carbocycles. The van der Waals surface area contributed by atoms with Gasteiger partial charge in [0.05, 0.1) is 24.6 Å². The van der Waals surface area contributed by atoms with Crippen LogP contribution in [0.15, 0.2) is 67.3 Å². The number of hydrogen-bond acceptors (Lipinski definition) is 4. The fourth-order valence-corrected chi connectivity index (χ4v) is 3.06. The molecule has 0 aliphatic carbocycles. The van der Waals surface area contributed by atoms with Crippen LogP contribution in [-0.2, 0) is 13.1 Å². The molecule has 1 amide bonds. The van der Waals surface area contributed by atoms with E-state index in [0.29, 0.717) is 30.8 Å². The van der Waals surface area contributed by atoms with Crippen molar-refractivity contribution in [2.75, 3.05) is 13.2 Å². The number of carbonyl (C=O) groups is 1. The Morgan fingerprint density at radius 1 is 1.17 bits per heavy atom. The van der Waals surface area contributed by atoms with Crippen molar-refractivity contribution in [1.82, 2.24) is 14.5 Å². The van der Waals surface area contributed by atoms with Crippen molar-refractivity contribution in [1.29, 1.82) is 5.26 Å². The Morgan fingerprint density at radius 3 is 2.55 bits per heavy atom. The number of amides is 1. The SMILES string of the molecule is CCOc1ccc(CN(CCCn2ccnc2)C(=O)c2ccc(C#N)cc2)cc1. The number of nitrogens with zero attached hydrogens (tertiary/aromatic N) is 4. The molecule has 1 heterocycles. The first-order valence-electron chi connectivity index (χ1n) is 9.66. The molecule has 3 rings (SSSR count). The predicted molar refractivity (Wildman–Crippen MR) is 110 cm³/mol. The maximum absolute atomic E-state index is 13.1. The molecule has 0 bridgehead atoms. The summed E-state index contributed by atoms with van der Waals surface area (Å²) in [6.07, 6.45) is 6.26. The first kappa shape index (κ1) is 20.2. The minimum atomic E-state index is -0.0472. The topological polar surface area (TPSA) is 71.2 Å². The van der Waals surface area contributed by atoms with E-state index in [-0.39, 0.29) is 5.91 Å². The lowest BCUT2D eigenvalue weighted by atomic mass is 10.1. The minimum absolute atomic E-state index is 0.0472. The highest BCUT2D eigenvalue weighted by Gasteiger charge is 2.16. The fourth-order valence-electron chi connectivity index (χ4n) is 3.06. The van der Waals surface area contributed by atoms with Crippen LogP contribution >= 0.6 is 0 Å². The van der Waals surface area contributed by atoms with Crippen LogP contribution in [0.25, 0.3) is 0 Å². The van der Waals surface area contributed by atoms with E-state index in [0.717, 1.165) is 24.3 Å². The summed E-state index contributed by atoms with van der Waals surface area (Å²) >= 11 is 0. The number of benzene rings is 2. The molecule has 29 heavy (non-hydrogen) atoms. The molecular weight excluding hydrogens is 364 g/mol. The highest BCUT2D eigenvalue weighted by Crippen LogP contribution is 2.16. The smallest absolute Gasteiger partial charge is 0.254 e. The van der Waals surface area contributed by atoms with Crippen LogP contribution in [0.3, 0.4) is 0 Å². The number of imidazole rings is 1. The van der Waals surface area contributed by atoms with Crippen molar-refractivity contribution < 1.29 is 9.53 Å². The number of hydrogen-bond donors (Lipinski definition) is 0. The fraction of sp³-hybridized carbons (Fsp3) is 0.261. The zero-order chi connectivity index (χ0) is 20.5. The molecule has 0 fully saturated rings. The van der Waals surface area contributed by atoms with Crippen molar-refractivity contribution in [3.05, 3.63) is 83.9 Å². The molecule has 0 atom stereocenters. The summed E-state index contributed by atoms with van der Waals surface area (Å²) in [5.74, 6) is 0.773. The van der Waals surface area contributed by atoms with Gasteiger partial charge in [0.15, 0.2) is 0 Å². The van der Waals surface area contributed by atoms with Gasteiger partial charge in [0, 0.05) is 37.6 Å². The zero-order valence-electron chi connectivity index (χ0n) is 16.5. The molecule has 0 spiro atoms. The molecule has 6 heteroatoms. The molecule has 3 aromatic rings. The largest absolute Gasteiger partial charge is 0.494 e. The van der Waals surface area contributed by atoms with E-state index in [2.05, 4.69) is 11.1 Å². The van der Waals surface area contributed by atoms with Crippen molar-refractivity contribution in [3.63, 3.8) is 0 Å². The molecule has 1 aromatic heterocycles. The first-order chi connectivity index (χ1) is 14.2. The van der Waals surface area contributed by atoms with Crippen molar-refractivity contribution in [3.8, 4) is 11.8 Å². The summed E-state index contributed by atoms with van der Waals surface area (Å²) < 4.78 is 7.50. The molecular formula is C23H24N4O2. The maximum Gasteiger partial charge on any atom is 0.254 e. The number of nitriles is 1. The third-order valence-electron chi connectivity index (χ3n) is 4.56. The summed E-state index contributed by atoms with van der Waals surface area (Å²) in [6.45, 7) is 4.49. The second-order valence-electron chi connectivity index (χ2n) is 6.65. The lowest BCUT2D eigenvalue weighted by Crippen LogP contribution is -2.32. The summed E-state index contributed by atoms with van der Waals surface area (Å²) in [6, 6.07) is 16.7. The maximum atomic E-state index is 13.1. The highest BCUT2D eigenvalue weighted by atomic mass is 16.5. The van der Waals surface area contributed by atoms with E-state index in [4.69, 9.17) is 10.00 Å². The van der Waals surface area contributed by atoms with Crippen LogP contribution in [0.2, 0.25) is 0 Å². The van der Waals surface area contributed by atoms with Crippen LogP contribution in [-0.4, -0.2) is 33.5 Å². The second-order valence-corrected chi connectivity index (χ2v) is 6.65.